The number of nitrogens with one attached hydrogen (secondary N) is 1. The second-order valence-corrected chi connectivity index (χ2v) is 4.78. The summed E-state index contributed by atoms with van der Waals surface area (Å²) in [5, 5.41) is 5.23. The summed E-state index contributed by atoms with van der Waals surface area (Å²) in [5.74, 6) is 1.71. The fraction of sp³-hybridized carbons (Fsp3) is 0.250. The molecule has 2 aromatic carbocycles. The first-order valence-electron chi connectivity index (χ1n) is 6.64. The van der Waals surface area contributed by atoms with Crippen LogP contribution in [0.1, 0.15) is 16.8 Å². The zero-order valence-electron chi connectivity index (χ0n) is 11.3. The Morgan fingerprint density at radius 2 is 2.05 bits per heavy atom. The van der Waals surface area contributed by atoms with Gasteiger partial charge < -0.3 is 10.1 Å². The number of carbonyl (C=O) groups excluding carboxylic acids is 1. The molecule has 1 aliphatic rings. The number of rotatable bonds is 4. The molecule has 1 heterocycles. The zero-order valence-corrected chi connectivity index (χ0v) is 11.3. The highest BCUT2D eigenvalue weighted by Gasteiger charge is 2.13. The molecule has 0 bridgehead atoms. The van der Waals surface area contributed by atoms with Crippen molar-refractivity contribution in [3.63, 3.8) is 0 Å². The van der Waals surface area contributed by atoms with Crippen LogP contribution in [-0.2, 0) is 0 Å². The van der Waals surface area contributed by atoms with Crippen LogP contribution in [0.4, 0.5) is 0 Å². The molecule has 4 nitrogen and oxygen atoms in total. The van der Waals surface area contributed by atoms with Gasteiger partial charge in [-0.2, -0.15) is 0 Å². The minimum Gasteiger partial charge on any atom is -0.497 e. The normalized spacial score (nSPS) is 13.9. The van der Waals surface area contributed by atoms with Crippen molar-refractivity contribution in [1.29, 1.82) is 0 Å². The third kappa shape index (κ3) is 2.50. The van der Waals surface area contributed by atoms with Gasteiger partial charge in [-0.1, -0.05) is 18.2 Å². The Hall–Kier alpha value is -2.36. The molecule has 0 spiro atoms. The quantitative estimate of drug-likeness (QED) is 0.866. The summed E-state index contributed by atoms with van der Waals surface area (Å²) >= 11 is 0. The maximum Gasteiger partial charge on any atom is 0.170 e. The van der Waals surface area contributed by atoms with Crippen molar-refractivity contribution in [2.75, 3.05) is 20.2 Å². The lowest BCUT2D eigenvalue weighted by Gasteiger charge is -2.06. The van der Waals surface area contributed by atoms with Gasteiger partial charge in [0.05, 0.1) is 20.1 Å². The second kappa shape index (κ2) is 5.33. The summed E-state index contributed by atoms with van der Waals surface area (Å²) in [6.07, 6.45) is 0.349. The van der Waals surface area contributed by atoms with Crippen LogP contribution in [0.15, 0.2) is 41.4 Å². The van der Waals surface area contributed by atoms with E-state index in [-0.39, 0.29) is 5.78 Å². The number of amidine groups is 1. The van der Waals surface area contributed by atoms with Gasteiger partial charge in [0.2, 0.25) is 0 Å². The van der Waals surface area contributed by atoms with Crippen molar-refractivity contribution in [2.24, 2.45) is 4.99 Å². The average Bonchev–Trinajstić information content (AvgIpc) is 2.99. The fourth-order valence-electron chi connectivity index (χ4n) is 2.34. The largest absolute Gasteiger partial charge is 0.497 e. The average molecular weight is 268 g/mol. The number of ketones is 1. The van der Waals surface area contributed by atoms with Crippen molar-refractivity contribution < 1.29 is 9.53 Å². The molecule has 0 amide bonds. The summed E-state index contributed by atoms with van der Waals surface area (Å²) < 4.78 is 5.20. The van der Waals surface area contributed by atoms with Crippen LogP contribution in [0.3, 0.4) is 0 Å². The second-order valence-electron chi connectivity index (χ2n) is 4.78. The Kier molecular flexibility index (Phi) is 3.37. The van der Waals surface area contributed by atoms with Crippen molar-refractivity contribution in [3.8, 4) is 5.75 Å². The van der Waals surface area contributed by atoms with Crippen LogP contribution < -0.4 is 10.1 Å². The van der Waals surface area contributed by atoms with Crippen molar-refractivity contribution in [1.82, 2.24) is 5.32 Å². The molecule has 2 aromatic rings. The van der Waals surface area contributed by atoms with Crippen LogP contribution in [0, 0.1) is 0 Å². The van der Waals surface area contributed by atoms with E-state index in [0.29, 0.717) is 6.42 Å². The molecule has 1 N–H and O–H groups in total. The highest BCUT2D eigenvalue weighted by molar-refractivity contribution is 6.10. The molecule has 0 radical (unpaired) electrons. The lowest BCUT2D eigenvalue weighted by atomic mass is 10.0. The Labute approximate surface area is 117 Å². The van der Waals surface area contributed by atoms with E-state index in [0.717, 1.165) is 41.0 Å². The lowest BCUT2D eigenvalue weighted by molar-refractivity contribution is 0.1000. The van der Waals surface area contributed by atoms with Gasteiger partial charge in [-0.3, -0.25) is 9.79 Å². The minimum absolute atomic E-state index is 0.0934. The first-order chi connectivity index (χ1) is 9.76. The molecule has 0 unspecified atom stereocenters. The number of Topliss-reactive ketones (excluding diaryl/α,β-unsaturated/α-hetero) is 1. The molecule has 20 heavy (non-hydrogen) atoms. The van der Waals surface area contributed by atoms with E-state index in [9.17, 15) is 4.79 Å². The molecule has 102 valence electrons. The standard InChI is InChI=1S/C16H16N2O2/c1-20-14-5-4-11-8-13(3-2-12(11)9-14)15(19)10-16-17-6-7-18-16/h2-5,8-9H,6-7,10H2,1H3,(H,17,18). The number of nitrogens with zero attached hydrogens (tertiary/aromatic N) is 1. The molecular weight excluding hydrogens is 252 g/mol. The van der Waals surface area contributed by atoms with Crippen molar-refractivity contribution in [3.05, 3.63) is 42.0 Å². The van der Waals surface area contributed by atoms with E-state index in [4.69, 9.17) is 4.74 Å². The highest BCUT2D eigenvalue weighted by Crippen LogP contribution is 2.22. The Bertz CT molecular complexity index is 692. The van der Waals surface area contributed by atoms with Crippen LogP contribution >= 0.6 is 0 Å². The number of fused-ring (bicyclic) bond motifs is 1. The molecule has 0 atom stereocenters. The van der Waals surface area contributed by atoms with Gasteiger partial charge in [0.15, 0.2) is 5.78 Å². The van der Waals surface area contributed by atoms with E-state index in [1.807, 2.05) is 36.4 Å². The van der Waals surface area contributed by atoms with Crippen molar-refractivity contribution >= 4 is 22.4 Å². The number of methoxy groups -OCH3 is 1. The van der Waals surface area contributed by atoms with Gasteiger partial charge in [0.1, 0.15) is 11.6 Å². The SMILES string of the molecule is COc1ccc2cc(C(=O)CC3=NCCN3)ccc2c1. The Morgan fingerprint density at radius 3 is 2.80 bits per heavy atom. The maximum atomic E-state index is 12.2. The predicted octanol–water partition coefficient (Wildman–Crippen LogP) is 2.42. The predicted molar refractivity (Wildman–Crippen MR) is 79.8 cm³/mol. The molecule has 0 saturated carbocycles. The lowest BCUT2D eigenvalue weighted by Crippen LogP contribution is -2.21. The van der Waals surface area contributed by atoms with E-state index in [1.54, 1.807) is 7.11 Å². The summed E-state index contributed by atoms with van der Waals surface area (Å²) in [6, 6.07) is 11.6. The van der Waals surface area contributed by atoms with Gasteiger partial charge in [-0.05, 0) is 29.0 Å². The van der Waals surface area contributed by atoms with Crippen LogP contribution in [0.5, 0.6) is 5.75 Å². The Morgan fingerprint density at radius 1 is 1.25 bits per heavy atom. The summed E-state index contributed by atoms with van der Waals surface area (Å²) in [5.41, 5.74) is 0.721. The van der Waals surface area contributed by atoms with Crippen molar-refractivity contribution in [2.45, 2.75) is 6.42 Å². The van der Waals surface area contributed by atoms with Gasteiger partial charge in [0, 0.05) is 12.1 Å². The number of ether oxygens (including phenoxy) is 1. The zero-order chi connectivity index (χ0) is 13.9. The van der Waals surface area contributed by atoms with Gasteiger partial charge in [-0.15, -0.1) is 0 Å². The molecule has 4 heteroatoms. The molecule has 1 aliphatic heterocycles. The summed E-state index contributed by atoms with van der Waals surface area (Å²) in [4.78, 5) is 16.5. The van der Waals surface area contributed by atoms with Crippen LogP contribution in [0.2, 0.25) is 0 Å². The number of benzene rings is 2. The molecule has 0 aliphatic carbocycles. The van der Waals surface area contributed by atoms with Gasteiger partial charge >= 0.3 is 0 Å². The molecule has 0 fully saturated rings. The smallest absolute Gasteiger partial charge is 0.170 e. The van der Waals surface area contributed by atoms with E-state index >= 15 is 0 Å². The first-order valence-corrected chi connectivity index (χ1v) is 6.64. The van der Waals surface area contributed by atoms with E-state index in [1.165, 1.54) is 0 Å². The molecule has 0 saturated heterocycles. The topological polar surface area (TPSA) is 50.7 Å². The number of aliphatic imine (C=N–C) groups is 1. The highest BCUT2D eigenvalue weighted by atomic mass is 16.5. The number of hydrogen-bond donors (Lipinski definition) is 1. The van der Waals surface area contributed by atoms with Gasteiger partial charge in [0.25, 0.3) is 0 Å². The van der Waals surface area contributed by atoms with Crippen LogP contribution in [-0.4, -0.2) is 31.8 Å². The fourth-order valence-corrected chi connectivity index (χ4v) is 2.34. The summed E-state index contributed by atoms with van der Waals surface area (Å²) in [7, 11) is 1.65. The molecule has 3 rings (SSSR count). The van der Waals surface area contributed by atoms with Gasteiger partial charge in [-0.25, -0.2) is 0 Å². The number of hydrogen-bond acceptors (Lipinski definition) is 4. The maximum absolute atomic E-state index is 12.2. The third-order valence-electron chi connectivity index (χ3n) is 3.44. The van der Waals surface area contributed by atoms with E-state index in [2.05, 4.69) is 10.3 Å². The monoisotopic (exact) mass is 268 g/mol. The third-order valence-corrected chi connectivity index (χ3v) is 3.44. The van der Waals surface area contributed by atoms with E-state index < -0.39 is 0 Å². The molecule has 0 aromatic heterocycles. The first kappa shape index (κ1) is 12.7. The van der Waals surface area contributed by atoms with Crippen LogP contribution in [0.25, 0.3) is 10.8 Å². The summed E-state index contributed by atoms with van der Waals surface area (Å²) in [6.45, 7) is 1.60. The Balaban J connectivity index is 1.86. The minimum atomic E-state index is 0.0934. The molecular formula is C16H16N2O2. The number of carbonyl (C=O) groups is 1.